The van der Waals surface area contributed by atoms with E-state index in [9.17, 15) is 18.0 Å². The van der Waals surface area contributed by atoms with Gasteiger partial charge in [-0.15, -0.1) is 0 Å². The molecule has 0 radical (unpaired) electrons. The fraction of sp³-hybridized carbons (Fsp3) is 0.778. The van der Waals surface area contributed by atoms with Gasteiger partial charge in [0.2, 0.25) is 0 Å². The summed E-state index contributed by atoms with van der Waals surface area (Å²) >= 11 is 0. The molecule has 98 valence electrons. The van der Waals surface area contributed by atoms with Gasteiger partial charge in [0.15, 0.2) is 0 Å². The molecule has 0 aliphatic carbocycles. The van der Waals surface area contributed by atoms with Gasteiger partial charge < -0.3 is 15.7 Å². The second-order valence-corrected chi connectivity index (χ2v) is 6.41. The van der Waals surface area contributed by atoms with Crippen molar-refractivity contribution in [2.45, 2.75) is 31.8 Å². The zero-order valence-electron chi connectivity index (χ0n) is 9.47. The fourth-order valence-electron chi connectivity index (χ4n) is 1.52. The van der Waals surface area contributed by atoms with Crippen molar-refractivity contribution in [1.29, 1.82) is 0 Å². The van der Waals surface area contributed by atoms with Crippen LogP contribution < -0.4 is 10.6 Å². The minimum Gasteiger partial charge on any atom is -0.480 e. The van der Waals surface area contributed by atoms with Gasteiger partial charge >= 0.3 is 12.0 Å². The number of carboxylic acids is 1. The quantitative estimate of drug-likeness (QED) is 0.626. The van der Waals surface area contributed by atoms with Gasteiger partial charge in [-0.25, -0.2) is 13.2 Å². The number of carbonyl (C=O) groups is 2. The molecule has 1 heterocycles. The van der Waals surface area contributed by atoms with Gasteiger partial charge in [-0.2, -0.15) is 0 Å². The number of sulfone groups is 1. The van der Waals surface area contributed by atoms with E-state index >= 15 is 0 Å². The summed E-state index contributed by atoms with van der Waals surface area (Å²) in [5.41, 5.74) is 0. The maximum absolute atomic E-state index is 11.4. The molecule has 0 bridgehead atoms. The lowest BCUT2D eigenvalue weighted by atomic mass is 10.1. The number of urea groups is 1. The van der Waals surface area contributed by atoms with E-state index in [-0.39, 0.29) is 17.5 Å². The van der Waals surface area contributed by atoms with Crippen molar-refractivity contribution >= 4 is 21.8 Å². The van der Waals surface area contributed by atoms with E-state index < -0.39 is 27.9 Å². The van der Waals surface area contributed by atoms with Crippen molar-refractivity contribution in [2.75, 3.05) is 11.5 Å². The first-order chi connectivity index (χ1) is 7.80. The summed E-state index contributed by atoms with van der Waals surface area (Å²) in [7, 11) is -2.95. The van der Waals surface area contributed by atoms with E-state index in [0.717, 1.165) is 0 Å². The highest BCUT2D eigenvalue weighted by atomic mass is 32.2. The van der Waals surface area contributed by atoms with Gasteiger partial charge in [0.1, 0.15) is 15.9 Å². The predicted molar refractivity (Wildman–Crippen MR) is 60.4 cm³/mol. The molecule has 2 amide bonds. The molecule has 0 aromatic carbocycles. The van der Waals surface area contributed by atoms with Crippen LogP contribution in [0.15, 0.2) is 0 Å². The smallest absolute Gasteiger partial charge is 0.325 e. The molecule has 0 aromatic heterocycles. The maximum atomic E-state index is 11.4. The number of aliphatic carboxylic acids is 1. The van der Waals surface area contributed by atoms with Gasteiger partial charge in [0.05, 0.1) is 11.5 Å². The lowest BCUT2D eigenvalue weighted by Gasteiger charge is -2.23. The molecule has 0 aromatic rings. The summed E-state index contributed by atoms with van der Waals surface area (Å²) in [5.74, 6) is -0.995. The van der Waals surface area contributed by atoms with E-state index in [1.54, 1.807) is 0 Å². The predicted octanol–water partition coefficient (Wildman–Crippen LogP) is -0.664. The minimum atomic E-state index is -2.95. The third-order valence-electron chi connectivity index (χ3n) is 2.61. The number of hydrogen-bond acceptors (Lipinski definition) is 4. The first-order valence-corrected chi connectivity index (χ1v) is 7.12. The number of hydrogen-bond donors (Lipinski definition) is 3. The van der Waals surface area contributed by atoms with E-state index in [0.29, 0.717) is 12.8 Å². The summed E-state index contributed by atoms with van der Waals surface area (Å²) in [6.45, 7) is 1.35. The summed E-state index contributed by atoms with van der Waals surface area (Å²) in [6, 6.07) is -1.76. The Hall–Kier alpha value is -1.31. The van der Waals surface area contributed by atoms with E-state index in [1.807, 2.05) is 0 Å². The number of rotatable bonds is 3. The Labute approximate surface area is 99.5 Å². The fourth-order valence-corrected chi connectivity index (χ4v) is 3.01. The van der Waals surface area contributed by atoms with Crippen LogP contribution in [0.25, 0.3) is 0 Å². The average molecular weight is 264 g/mol. The highest BCUT2D eigenvalue weighted by Gasteiger charge is 2.25. The summed E-state index contributed by atoms with van der Waals surface area (Å²) in [6.07, 6.45) is 0.744. The molecule has 0 spiro atoms. The van der Waals surface area contributed by atoms with Crippen LogP contribution in [0.1, 0.15) is 19.8 Å². The van der Waals surface area contributed by atoms with Crippen LogP contribution in [0.4, 0.5) is 4.79 Å². The van der Waals surface area contributed by atoms with Crippen molar-refractivity contribution in [3.8, 4) is 0 Å². The Morgan fingerprint density at radius 3 is 2.29 bits per heavy atom. The Balaban J connectivity index is 2.36. The summed E-state index contributed by atoms with van der Waals surface area (Å²) in [4.78, 5) is 21.8. The van der Waals surface area contributed by atoms with Gasteiger partial charge in [-0.1, -0.05) is 0 Å². The van der Waals surface area contributed by atoms with Crippen molar-refractivity contribution in [3.63, 3.8) is 0 Å². The number of amides is 2. The molecule has 1 aliphatic heterocycles. The zero-order valence-corrected chi connectivity index (χ0v) is 10.3. The van der Waals surface area contributed by atoms with Crippen LogP contribution in [0.5, 0.6) is 0 Å². The van der Waals surface area contributed by atoms with Gasteiger partial charge in [-0.05, 0) is 19.8 Å². The molecular weight excluding hydrogens is 248 g/mol. The molecule has 1 atom stereocenters. The van der Waals surface area contributed by atoms with Crippen molar-refractivity contribution in [2.24, 2.45) is 0 Å². The number of carbonyl (C=O) groups excluding carboxylic acids is 1. The molecule has 0 saturated carbocycles. The van der Waals surface area contributed by atoms with Gasteiger partial charge in [0, 0.05) is 6.04 Å². The molecule has 1 rings (SSSR count). The summed E-state index contributed by atoms with van der Waals surface area (Å²) < 4.78 is 22.3. The van der Waals surface area contributed by atoms with Crippen LogP contribution in [-0.2, 0) is 14.6 Å². The van der Waals surface area contributed by atoms with Crippen LogP contribution in [0.2, 0.25) is 0 Å². The second kappa shape index (κ2) is 5.35. The lowest BCUT2D eigenvalue weighted by Crippen LogP contribution is -2.49. The molecule has 1 fully saturated rings. The van der Waals surface area contributed by atoms with Crippen LogP contribution in [0, 0.1) is 0 Å². The second-order valence-electron chi connectivity index (χ2n) is 4.10. The molecule has 3 N–H and O–H groups in total. The van der Waals surface area contributed by atoms with E-state index in [1.165, 1.54) is 6.92 Å². The van der Waals surface area contributed by atoms with Crippen molar-refractivity contribution < 1.29 is 23.1 Å². The van der Waals surface area contributed by atoms with Gasteiger partial charge in [0.25, 0.3) is 0 Å². The molecule has 8 heteroatoms. The highest BCUT2D eigenvalue weighted by molar-refractivity contribution is 7.91. The monoisotopic (exact) mass is 264 g/mol. The number of nitrogens with one attached hydrogen (secondary N) is 2. The van der Waals surface area contributed by atoms with Gasteiger partial charge in [-0.3, -0.25) is 4.79 Å². The molecule has 7 nitrogen and oxygen atoms in total. The Bertz CT molecular complexity index is 392. The Morgan fingerprint density at radius 2 is 1.82 bits per heavy atom. The number of carboxylic acid groups (broad SMARTS) is 1. The van der Waals surface area contributed by atoms with Crippen LogP contribution in [0.3, 0.4) is 0 Å². The zero-order chi connectivity index (χ0) is 13.1. The maximum Gasteiger partial charge on any atom is 0.325 e. The third-order valence-corrected chi connectivity index (χ3v) is 4.32. The Kier molecular flexibility index (Phi) is 4.33. The third kappa shape index (κ3) is 4.59. The highest BCUT2D eigenvalue weighted by Crippen LogP contribution is 2.11. The SMILES string of the molecule is CC(NC(=O)NC1CCS(=O)(=O)CC1)C(=O)O. The molecule has 1 saturated heterocycles. The molecule has 17 heavy (non-hydrogen) atoms. The molecular formula is C9H16N2O5S. The standard InChI is InChI=1S/C9H16N2O5S/c1-6(8(12)13)10-9(14)11-7-2-4-17(15,16)5-3-7/h6-7H,2-5H2,1H3,(H,12,13)(H2,10,11,14). The Morgan fingerprint density at radius 1 is 1.29 bits per heavy atom. The van der Waals surface area contributed by atoms with E-state index in [4.69, 9.17) is 5.11 Å². The van der Waals surface area contributed by atoms with Crippen LogP contribution in [-0.4, -0.2) is 49.1 Å². The first kappa shape index (κ1) is 13.8. The lowest BCUT2D eigenvalue weighted by molar-refractivity contribution is -0.138. The first-order valence-electron chi connectivity index (χ1n) is 5.30. The van der Waals surface area contributed by atoms with E-state index in [2.05, 4.69) is 10.6 Å². The average Bonchev–Trinajstić information content (AvgIpc) is 2.21. The molecule has 1 aliphatic rings. The minimum absolute atomic E-state index is 0.0619. The largest absolute Gasteiger partial charge is 0.480 e. The van der Waals surface area contributed by atoms with Crippen LogP contribution >= 0.6 is 0 Å². The normalized spacial score (nSPS) is 21.5. The van der Waals surface area contributed by atoms with Crippen molar-refractivity contribution in [3.05, 3.63) is 0 Å². The summed E-state index contributed by atoms with van der Waals surface area (Å²) in [5, 5.41) is 13.4. The van der Waals surface area contributed by atoms with Crippen molar-refractivity contribution in [1.82, 2.24) is 10.6 Å². The topological polar surface area (TPSA) is 113 Å². The molecule has 1 unspecified atom stereocenters.